The fourth-order valence-corrected chi connectivity index (χ4v) is 3.27. The molecule has 0 fully saturated rings. The molecule has 0 heterocycles. The Morgan fingerprint density at radius 3 is 1.61 bits per heavy atom. The SMILES string of the molecule is CC(C)c1ccc(C(=O)C(Nc2ccccc2)c2ccc(C(C)C)cc2)cc1. The van der Waals surface area contributed by atoms with E-state index < -0.39 is 6.04 Å². The molecule has 0 saturated carbocycles. The Labute approximate surface area is 168 Å². The molecular weight excluding hydrogens is 342 g/mol. The van der Waals surface area contributed by atoms with Crippen LogP contribution in [0.25, 0.3) is 0 Å². The van der Waals surface area contributed by atoms with E-state index in [9.17, 15) is 4.79 Å². The van der Waals surface area contributed by atoms with E-state index in [1.54, 1.807) is 0 Å². The highest BCUT2D eigenvalue weighted by molar-refractivity contribution is 6.02. The number of anilines is 1. The van der Waals surface area contributed by atoms with Gasteiger partial charge in [-0.05, 0) is 40.7 Å². The number of para-hydroxylation sites is 1. The van der Waals surface area contributed by atoms with Crippen molar-refractivity contribution in [1.82, 2.24) is 0 Å². The van der Waals surface area contributed by atoms with Crippen LogP contribution in [-0.2, 0) is 0 Å². The Bertz CT molecular complexity index is 893. The molecule has 0 amide bonds. The maximum atomic E-state index is 13.4. The fourth-order valence-electron chi connectivity index (χ4n) is 3.27. The summed E-state index contributed by atoms with van der Waals surface area (Å²) in [5.74, 6) is 0.997. The molecule has 3 aromatic carbocycles. The van der Waals surface area contributed by atoms with E-state index in [-0.39, 0.29) is 5.78 Å². The first kappa shape index (κ1) is 19.9. The molecule has 0 aliphatic heterocycles. The minimum absolute atomic E-state index is 0.0801. The third-order valence-electron chi connectivity index (χ3n) is 5.15. The summed E-state index contributed by atoms with van der Waals surface area (Å²) in [4.78, 5) is 13.4. The van der Waals surface area contributed by atoms with Crippen molar-refractivity contribution < 1.29 is 4.79 Å². The number of carbonyl (C=O) groups is 1. The number of carbonyl (C=O) groups excluding carboxylic acids is 1. The number of ketones is 1. The topological polar surface area (TPSA) is 29.1 Å². The quantitative estimate of drug-likeness (QED) is 0.454. The lowest BCUT2D eigenvalue weighted by molar-refractivity contribution is 0.0969. The van der Waals surface area contributed by atoms with Crippen molar-refractivity contribution in [2.24, 2.45) is 0 Å². The number of hydrogen-bond donors (Lipinski definition) is 1. The van der Waals surface area contributed by atoms with Gasteiger partial charge in [0.05, 0.1) is 0 Å². The van der Waals surface area contributed by atoms with E-state index in [1.165, 1.54) is 11.1 Å². The van der Waals surface area contributed by atoms with E-state index >= 15 is 0 Å². The molecular formula is C26H29NO. The maximum absolute atomic E-state index is 13.4. The Morgan fingerprint density at radius 1 is 0.643 bits per heavy atom. The molecule has 0 saturated heterocycles. The molecule has 0 aliphatic rings. The van der Waals surface area contributed by atoms with Gasteiger partial charge >= 0.3 is 0 Å². The van der Waals surface area contributed by atoms with Crippen LogP contribution in [0.1, 0.15) is 72.6 Å². The molecule has 0 aliphatic carbocycles. The second-order valence-electron chi connectivity index (χ2n) is 7.91. The molecule has 1 atom stereocenters. The lowest BCUT2D eigenvalue weighted by atomic mass is 9.93. The lowest BCUT2D eigenvalue weighted by Gasteiger charge is -2.20. The standard InChI is InChI=1S/C26H29NO/c1-18(2)20-10-14-22(15-11-20)25(27-24-8-6-5-7-9-24)26(28)23-16-12-21(13-17-23)19(3)4/h5-19,25,27H,1-4H3. The lowest BCUT2D eigenvalue weighted by Crippen LogP contribution is -2.21. The van der Waals surface area contributed by atoms with Crippen molar-refractivity contribution in [3.05, 3.63) is 101 Å². The zero-order valence-electron chi connectivity index (χ0n) is 17.1. The van der Waals surface area contributed by atoms with Crippen LogP contribution < -0.4 is 5.32 Å². The van der Waals surface area contributed by atoms with Crippen molar-refractivity contribution >= 4 is 11.5 Å². The van der Waals surface area contributed by atoms with Gasteiger partial charge in [-0.15, -0.1) is 0 Å². The Hall–Kier alpha value is -2.87. The summed E-state index contributed by atoms with van der Waals surface area (Å²) in [5, 5.41) is 3.43. The van der Waals surface area contributed by atoms with Gasteiger partial charge < -0.3 is 5.32 Å². The van der Waals surface area contributed by atoms with Crippen LogP contribution in [0.5, 0.6) is 0 Å². The molecule has 3 aromatic rings. The minimum Gasteiger partial charge on any atom is -0.371 e. The number of benzene rings is 3. The molecule has 2 heteroatoms. The van der Waals surface area contributed by atoms with E-state index in [0.29, 0.717) is 11.8 Å². The summed E-state index contributed by atoms with van der Waals surface area (Å²) in [5.41, 5.74) is 5.16. The van der Waals surface area contributed by atoms with Crippen LogP contribution in [0.2, 0.25) is 0 Å². The zero-order chi connectivity index (χ0) is 20.1. The van der Waals surface area contributed by atoms with Crippen molar-refractivity contribution in [1.29, 1.82) is 0 Å². The normalized spacial score (nSPS) is 12.2. The van der Waals surface area contributed by atoms with E-state index in [1.807, 2.05) is 42.5 Å². The van der Waals surface area contributed by atoms with Crippen LogP contribution in [-0.4, -0.2) is 5.78 Å². The zero-order valence-corrected chi connectivity index (χ0v) is 17.1. The number of rotatable bonds is 7. The van der Waals surface area contributed by atoms with Crippen LogP contribution in [0, 0.1) is 0 Å². The fraction of sp³-hybridized carbons (Fsp3) is 0.269. The van der Waals surface area contributed by atoms with Gasteiger partial charge in [-0.2, -0.15) is 0 Å². The van der Waals surface area contributed by atoms with Crippen molar-refractivity contribution in [3.63, 3.8) is 0 Å². The van der Waals surface area contributed by atoms with Crippen LogP contribution in [0.3, 0.4) is 0 Å². The second kappa shape index (κ2) is 8.88. The Morgan fingerprint density at radius 2 is 1.11 bits per heavy atom. The largest absolute Gasteiger partial charge is 0.371 e. The molecule has 144 valence electrons. The summed E-state index contributed by atoms with van der Waals surface area (Å²) in [6.07, 6.45) is 0. The highest BCUT2D eigenvalue weighted by Crippen LogP contribution is 2.26. The molecule has 0 aromatic heterocycles. The van der Waals surface area contributed by atoms with Crippen LogP contribution in [0.15, 0.2) is 78.9 Å². The highest BCUT2D eigenvalue weighted by atomic mass is 16.1. The second-order valence-corrected chi connectivity index (χ2v) is 7.91. The van der Waals surface area contributed by atoms with E-state index in [0.717, 1.165) is 16.8 Å². The maximum Gasteiger partial charge on any atom is 0.189 e. The van der Waals surface area contributed by atoms with E-state index in [2.05, 4.69) is 69.4 Å². The van der Waals surface area contributed by atoms with Gasteiger partial charge in [0.2, 0.25) is 0 Å². The minimum atomic E-state index is -0.423. The summed E-state index contributed by atoms with van der Waals surface area (Å²) in [6, 6.07) is 25.9. The van der Waals surface area contributed by atoms with E-state index in [4.69, 9.17) is 0 Å². The Balaban J connectivity index is 1.93. The van der Waals surface area contributed by atoms with Gasteiger partial charge in [0.1, 0.15) is 6.04 Å². The smallest absolute Gasteiger partial charge is 0.189 e. The predicted molar refractivity (Wildman–Crippen MR) is 118 cm³/mol. The molecule has 28 heavy (non-hydrogen) atoms. The van der Waals surface area contributed by atoms with Gasteiger partial charge in [0.25, 0.3) is 0 Å². The summed E-state index contributed by atoms with van der Waals surface area (Å²) in [7, 11) is 0. The molecule has 2 nitrogen and oxygen atoms in total. The molecule has 0 bridgehead atoms. The van der Waals surface area contributed by atoms with Crippen molar-refractivity contribution in [3.8, 4) is 0 Å². The van der Waals surface area contributed by atoms with Gasteiger partial charge in [0.15, 0.2) is 5.78 Å². The molecule has 1 unspecified atom stereocenters. The van der Waals surface area contributed by atoms with Crippen LogP contribution >= 0.6 is 0 Å². The first-order valence-electron chi connectivity index (χ1n) is 10.0. The molecule has 0 spiro atoms. The molecule has 3 rings (SSSR count). The monoisotopic (exact) mass is 371 g/mol. The third kappa shape index (κ3) is 4.69. The summed E-state index contributed by atoms with van der Waals surface area (Å²) >= 11 is 0. The average Bonchev–Trinajstić information content (AvgIpc) is 2.72. The first-order valence-corrected chi connectivity index (χ1v) is 10.0. The van der Waals surface area contributed by atoms with Crippen molar-refractivity contribution in [2.45, 2.75) is 45.6 Å². The first-order chi connectivity index (χ1) is 13.5. The van der Waals surface area contributed by atoms with Crippen molar-refractivity contribution in [2.75, 3.05) is 5.32 Å². The summed E-state index contributed by atoms with van der Waals surface area (Å²) < 4.78 is 0. The van der Waals surface area contributed by atoms with Gasteiger partial charge in [-0.3, -0.25) is 4.79 Å². The number of hydrogen-bond acceptors (Lipinski definition) is 2. The average molecular weight is 372 g/mol. The molecule has 0 radical (unpaired) electrons. The Kier molecular flexibility index (Phi) is 6.30. The van der Waals surface area contributed by atoms with Crippen LogP contribution in [0.4, 0.5) is 5.69 Å². The number of Topliss-reactive ketones (excluding diaryl/α,β-unsaturated/α-hetero) is 1. The van der Waals surface area contributed by atoms with Gasteiger partial charge in [-0.25, -0.2) is 0 Å². The van der Waals surface area contributed by atoms with Gasteiger partial charge in [0, 0.05) is 11.3 Å². The highest BCUT2D eigenvalue weighted by Gasteiger charge is 2.22. The summed E-state index contributed by atoms with van der Waals surface area (Å²) in [6.45, 7) is 8.67. The number of nitrogens with one attached hydrogen (secondary N) is 1. The van der Waals surface area contributed by atoms with Gasteiger partial charge in [-0.1, -0.05) is 94.4 Å². The predicted octanol–water partition coefficient (Wildman–Crippen LogP) is 6.97. The third-order valence-corrected chi connectivity index (χ3v) is 5.15. The molecule has 1 N–H and O–H groups in total.